The Morgan fingerprint density at radius 1 is 1.10 bits per heavy atom. The van der Waals surface area contributed by atoms with Crippen molar-refractivity contribution in [3.05, 3.63) is 70.2 Å². The lowest BCUT2D eigenvalue weighted by Gasteiger charge is -2.19. The van der Waals surface area contributed by atoms with Gasteiger partial charge < -0.3 is 10.4 Å². The average Bonchev–Trinajstić information content (AvgIpc) is 2.45. The normalized spacial score (nSPS) is 14.0. The van der Waals surface area contributed by atoms with Crippen LogP contribution in [0.4, 0.5) is 8.78 Å². The number of benzene rings is 2. The van der Waals surface area contributed by atoms with E-state index in [-0.39, 0.29) is 18.2 Å². The number of halogens is 3. The van der Waals surface area contributed by atoms with Crippen LogP contribution >= 0.6 is 11.6 Å². The molecule has 0 aliphatic carbocycles. The molecule has 21 heavy (non-hydrogen) atoms. The predicted molar refractivity (Wildman–Crippen MR) is 79.2 cm³/mol. The van der Waals surface area contributed by atoms with Crippen LogP contribution in [0.5, 0.6) is 0 Å². The molecule has 2 aromatic rings. The van der Waals surface area contributed by atoms with E-state index < -0.39 is 17.7 Å². The van der Waals surface area contributed by atoms with Gasteiger partial charge in [-0.1, -0.05) is 35.9 Å². The fourth-order valence-electron chi connectivity index (χ4n) is 2.16. The van der Waals surface area contributed by atoms with Gasteiger partial charge in [-0.15, -0.1) is 0 Å². The van der Waals surface area contributed by atoms with Crippen molar-refractivity contribution in [2.75, 3.05) is 6.54 Å². The molecule has 0 fully saturated rings. The van der Waals surface area contributed by atoms with Gasteiger partial charge in [0, 0.05) is 17.6 Å². The Morgan fingerprint density at radius 3 is 2.33 bits per heavy atom. The Hall–Kier alpha value is -1.49. The second-order valence-corrected chi connectivity index (χ2v) is 5.21. The summed E-state index contributed by atoms with van der Waals surface area (Å²) in [5.74, 6) is -1.51. The summed E-state index contributed by atoms with van der Waals surface area (Å²) in [6.07, 6.45) is -1.27. The molecule has 0 heterocycles. The summed E-state index contributed by atoms with van der Waals surface area (Å²) in [4.78, 5) is 0. The third-order valence-electron chi connectivity index (χ3n) is 3.32. The predicted octanol–water partition coefficient (Wildman–Crippen LogP) is 4.00. The first-order valence-corrected chi connectivity index (χ1v) is 6.98. The van der Waals surface area contributed by atoms with Gasteiger partial charge in [-0.05, 0) is 30.7 Å². The summed E-state index contributed by atoms with van der Waals surface area (Å²) in [5, 5.41) is 13.6. The van der Waals surface area contributed by atoms with Crippen molar-refractivity contribution in [3.63, 3.8) is 0 Å². The van der Waals surface area contributed by atoms with Crippen LogP contribution in [0.1, 0.15) is 30.2 Å². The lowest BCUT2D eigenvalue weighted by molar-refractivity contribution is 0.161. The van der Waals surface area contributed by atoms with Crippen LogP contribution in [0, 0.1) is 11.6 Å². The molecular formula is C16H16ClF2NO. The second-order valence-electron chi connectivity index (χ2n) is 4.80. The van der Waals surface area contributed by atoms with Crippen molar-refractivity contribution < 1.29 is 13.9 Å². The number of rotatable bonds is 5. The van der Waals surface area contributed by atoms with Gasteiger partial charge in [0.25, 0.3) is 0 Å². The molecule has 5 heteroatoms. The maximum Gasteiger partial charge on any atom is 0.131 e. The topological polar surface area (TPSA) is 32.3 Å². The molecule has 0 aliphatic heterocycles. The van der Waals surface area contributed by atoms with E-state index in [0.717, 1.165) is 17.7 Å². The van der Waals surface area contributed by atoms with Crippen LogP contribution < -0.4 is 5.32 Å². The third-order valence-corrected chi connectivity index (χ3v) is 3.67. The highest BCUT2D eigenvalue weighted by molar-refractivity contribution is 6.31. The SMILES string of the molecule is C[C@@H](NCC(O)c1c(F)cccc1F)c1ccccc1Cl. The lowest BCUT2D eigenvalue weighted by Crippen LogP contribution is -2.25. The van der Waals surface area contributed by atoms with E-state index >= 15 is 0 Å². The molecule has 2 N–H and O–H groups in total. The van der Waals surface area contributed by atoms with Gasteiger partial charge in [0.15, 0.2) is 0 Å². The fraction of sp³-hybridized carbons (Fsp3) is 0.250. The van der Waals surface area contributed by atoms with E-state index in [1.807, 2.05) is 25.1 Å². The lowest BCUT2D eigenvalue weighted by atomic mass is 10.1. The molecule has 2 aromatic carbocycles. The Balaban J connectivity index is 2.04. The van der Waals surface area contributed by atoms with Crippen LogP contribution in [-0.4, -0.2) is 11.7 Å². The van der Waals surface area contributed by atoms with Crippen molar-refractivity contribution in [1.29, 1.82) is 0 Å². The number of aliphatic hydroxyl groups is 1. The number of hydrogen-bond donors (Lipinski definition) is 2. The Morgan fingerprint density at radius 2 is 1.71 bits per heavy atom. The van der Waals surface area contributed by atoms with E-state index in [2.05, 4.69) is 5.32 Å². The zero-order valence-electron chi connectivity index (χ0n) is 11.5. The van der Waals surface area contributed by atoms with Crippen molar-refractivity contribution in [2.45, 2.75) is 19.1 Å². The van der Waals surface area contributed by atoms with Crippen molar-refractivity contribution in [2.24, 2.45) is 0 Å². The summed E-state index contributed by atoms with van der Waals surface area (Å²) in [5.41, 5.74) is 0.539. The van der Waals surface area contributed by atoms with Crippen molar-refractivity contribution in [1.82, 2.24) is 5.32 Å². The fourth-order valence-corrected chi connectivity index (χ4v) is 2.46. The quantitative estimate of drug-likeness (QED) is 0.874. The van der Waals surface area contributed by atoms with Gasteiger partial charge in [0.05, 0.1) is 11.7 Å². The zero-order chi connectivity index (χ0) is 15.4. The summed E-state index contributed by atoms with van der Waals surface area (Å²) in [6, 6.07) is 10.7. The van der Waals surface area contributed by atoms with E-state index in [4.69, 9.17) is 11.6 Å². The van der Waals surface area contributed by atoms with Gasteiger partial charge in [0.2, 0.25) is 0 Å². The minimum atomic E-state index is -1.27. The first-order chi connectivity index (χ1) is 10.0. The molecule has 2 rings (SSSR count). The van der Waals surface area contributed by atoms with Crippen molar-refractivity contribution in [3.8, 4) is 0 Å². The Labute approximate surface area is 127 Å². The number of aliphatic hydroxyl groups excluding tert-OH is 1. The highest BCUT2D eigenvalue weighted by atomic mass is 35.5. The molecule has 0 saturated carbocycles. The van der Waals surface area contributed by atoms with Crippen molar-refractivity contribution >= 4 is 11.6 Å². The monoisotopic (exact) mass is 311 g/mol. The smallest absolute Gasteiger partial charge is 0.131 e. The van der Waals surface area contributed by atoms with E-state index in [1.165, 1.54) is 6.07 Å². The Kier molecular flexibility index (Phi) is 5.28. The molecule has 0 amide bonds. The van der Waals surface area contributed by atoms with Crippen LogP contribution in [0.25, 0.3) is 0 Å². The highest BCUT2D eigenvalue weighted by Crippen LogP contribution is 2.24. The molecule has 0 saturated heterocycles. The Bertz CT molecular complexity index is 601. The van der Waals surface area contributed by atoms with Gasteiger partial charge in [-0.3, -0.25) is 0 Å². The average molecular weight is 312 g/mol. The van der Waals surface area contributed by atoms with Crippen LogP contribution in [-0.2, 0) is 0 Å². The first-order valence-electron chi connectivity index (χ1n) is 6.60. The maximum absolute atomic E-state index is 13.6. The third kappa shape index (κ3) is 3.79. The van der Waals surface area contributed by atoms with Gasteiger partial charge in [-0.2, -0.15) is 0 Å². The van der Waals surface area contributed by atoms with Gasteiger partial charge >= 0.3 is 0 Å². The van der Waals surface area contributed by atoms with Crippen LogP contribution in [0.15, 0.2) is 42.5 Å². The number of nitrogens with one attached hydrogen (secondary N) is 1. The molecule has 0 spiro atoms. The van der Waals surface area contributed by atoms with E-state index in [0.29, 0.717) is 5.02 Å². The highest BCUT2D eigenvalue weighted by Gasteiger charge is 2.18. The minimum Gasteiger partial charge on any atom is -0.387 e. The molecule has 0 aromatic heterocycles. The molecule has 1 unspecified atom stereocenters. The van der Waals surface area contributed by atoms with Gasteiger partial charge in [-0.25, -0.2) is 8.78 Å². The molecule has 0 bridgehead atoms. The van der Waals surface area contributed by atoms with Gasteiger partial charge in [0.1, 0.15) is 11.6 Å². The summed E-state index contributed by atoms with van der Waals surface area (Å²) in [6.45, 7) is 1.88. The molecular weight excluding hydrogens is 296 g/mol. The molecule has 0 radical (unpaired) electrons. The largest absolute Gasteiger partial charge is 0.387 e. The maximum atomic E-state index is 13.6. The number of hydrogen-bond acceptors (Lipinski definition) is 2. The molecule has 2 atom stereocenters. The van der Waals surface area contributed by atoms with Crippen LogP contribution in [0.3, 0.4) is 0 Å². The summed E-state index contributed by atoms with van der Waals surface area (Å²) in [7, 11) is 0. The molecule has 0 aliphatic rings. The second kappa shape index (κ2) is 6.98. The zero-order valence-corrected chi connectivity index (χ0v) is 12.2. The minimum absolute atomic E-state index is 0.0181. The first kappa shape index (κ1) is 15.9. The van der Waals surface area contributed by atoms with E-state index in [9.17, 15) is 13.9 Å². The van der Waals surface area contributed by atoms with E-state index in [1.54, 1.807) is 6.07 Å². The summed E-state index contributed by atoms with van der Waals surface area (Å²) >= 11 is 6.08. The molecule has 2 nitrogen and oxygen atoms in total. The summed E-state index contributed by atoms with van der Waals surface area (Å²) < 4.78 is 27.1. The standard InChI is InChI=1S/C16H16ClF2NO/c1-10(11-5-2-3-6-12(11)17)20-9-15(21)16-13(18)7-4-8-14(16)19/h2-8,10,15,20-21H,9H2,1H3/t10-,15?/m1/s1. The van der Waals surface area contributed by atoms with Crippen LogP contribution in [0.2, 0.25) is 5.02 Å². The molecule has 112 valence electrons.